The van der Waals surface area contributed by atoms with Gasteiger partial charge in [-0.25, -0.2) is 0 Å². The third-order valence-electron chi connectivity index (χ3n) is 5.72. The normalized spacial score (nSPS) is 64.3. The predicted octanol–water partition coefficient (Wildman–Crippen LogP) is 1.92. The van der Waals surface area contributed by atoms with Gasteiger partial charge in [0.1, 0.15) is 0 Å². The molecular weight excluding hydrogens is 176 g/mol. The van der Waals surface area contributed by atoms with Crippen molar-refractivity contribution in [2.75, 3.05) is 0 Å². The van der Waals surface area contributed by atoms with Crippen LogP contribution in [0.4, 0.5) is 0 Å². The van der Waals surface area contributed by atoms with E-state index in [-0.39, 0.29) is 5.60 Å². The molecule has 14 heavy (non-hydrogen) atoms. The molecule has 0 aromatic rings. The molecular formula is C12H18O2. The summed E-state index contributed by atoms with van der Waals surface area (Å²) in [6.45, 7) is 1.76. The summed E-state index contributed by atoms with van der Waals surface area (Å²) in [6, 6.07) is 0. The molecule has 2 bridgehead atoms. The second-order valence-electron chi connectivity index (χ2n) is 6.10. The van der Waals surface area contributed by atoms with Crippen LogP contribution in [0.5, 0.6) is 0 Å². The Hall–Kier alpha value is -0.0800. The van der Waals surface area contributed by atoms with Gasteiger partial charge in [-0.15, -0.1) is 0 Å². The first-order valence-corrected chi connectivity index (χ1v) is 6.02. The Morgan fingerprint density at radius 3 is 2.36 bits per heavy atom. The summed E-state index contributed by atoms with van der Waals surface area (Å²) < 4.78 is 5.83. The van der Waals surface area contributed by atoms with Crippen LogP contribution in [-0.2, 0) is 4.74 Å². The zero-order chi connectivity index (χ0) is 9.55. The monoisotopic (exact) mass is 194 g/mol. The highest BCUT2D eigenvalue weighted by atomic mass is 16.6. The zero-order valence-corrected chi connectivity index (χ0v) is 8.70. The van der Waals surface area contributed by atoms with Gasteiger partial charge in [0.25, 0.3) is 0 Å². The Labute approximate surface area is 84.6 Å². The van der Waals surface area contributed by atoms with Gasteiger partial charge in [0.15, 0.2) is 6.29 Å². The van der Waals surface area contributed by atoms with E-state index >= 15 is 0 Å². The van der Waals surface area contributed by atoms with Gasteiger partial charge >= 0.3 is 0 Å². The highest BCUT2D eigenvalue weighted by molar-refractivity contribution is 5.31. The Kier molecular flexibility index (Phi) is 1.19. The molecule has 0 heterocycles. The fourth-order valence-corrected chi connectivity index (χ4v) is 5.62. The van der Waals surface area contributed by atoms with E-state index in [9.17, 15) is 5.11 Å². The van der Waals surface area contributed by atoms with Crippen LogP contribution >= 0.6 is 0 Å². The highest BCUT2D eigenvalue weighted by Crippen LogP contribution is 2.84. The van der Waals surface area contributed by atoms with Gasteiger partial charge in [-0.2, -0.15) is 0 Å². The lowest BCUT2D eigenvalue weighted by Crippen LogP contribution is -2.74. The molecule has 4 fully saturated rings. The van der Waals surface area contributed by atoms with Crippen molar-refractivity contribution in [2.24, 2.45) is 23.2 Å². The fraction of sp³-hybridized carbons (Fsp3) is 1.00. The van der Waals surface area contributed by atoms with Crippen LogP contribution in [0.15, 0.2) is 0 Å². The van der Waals surface area contributed by atoms with Crippen molar-refractivity contribution < 1.29 is 9.84 Å². The molecule has 0 aromatic carbocycles. The number of hydrogen-bond acceptors (Lipinski definition) is 2. The second kappa shape index (κ2) is 2.05. The molecule has 4 saturated carbocycles. The number of rotatable bonds is 2. The van der Waals surface area contributed by atoms with Crippen molar-refractivity contribution in [3.63, 3.8) is 0 Å². The van der Waals surface area contributed by atoms with Crippen molar-refractivity contribution in [2.45, 2.75) is 50.9 Å². The average molecular weight is 194 g/mol. The lowest BCUT2D eigenvalue weighted by Gasteiger charge is -2.73. The predicted molar refractivity (Wildman–Crippen MR) is 51.5 cm³/mol. The van der Waals surface area contributed by atoms with Crippen LogP contribution in [0, 0.1) is 23.2 Å². The summed E-state index contributed by atoms with van der Waals surface area (Å²) in [5.74, 6) is 2.92. The van der Waals surface area contributed by atoms with Crippen LogP contribution < -0.4 is 0 Å². The summed E-state index contributed by atoms with van der Waals surface area (Å²) in [5.41, 5.74) is 0.677. The molecule has 2 heteroatoms. The molecule has 0 saturated heterocycles. The maximum Gasteiger partial charge on any atom is 0.152 e. The zero-order valence-electron chi connectivity index (χ0n) is 8.70. The standard InChI is InChI=1S/C12H18O2/c1-7(13)14-11-5-9-2-8-3-10(6-11)12(9,11)4-8/h7-10,13H,2-6H2,1H3. The van der Waals surface area contributed by atoms with Crippen molar-refractivity contribution in [3.8, 4) is 0 Å². The van der Waals surface area contributed by atoms with Gasteiger partial charge in [-0.05, 0) is 56.8 Å². The molecule has 0 amide bonds. The summed E-state index contributed by atoms with van der Waals surface area (Å²) in [7, 11) is 0. The van der Waals surface area contributed by atoms with Crippen molar-refractivity contribution in [1.82, 2.24) is 0 Å². The lowest BCUT2D eigenvalue weighted by molar-refractivity contribution is -0.361. The van der Waals surface area contributed by atoms with E-state index in [1.807, 2.05) is 0 Å². The minimum absolute atomic E-state index is 0.127. The molecule has 0 aliphatic heterocycles. The number of fused-ring (bicyclic) bond motifs is 1. The van der Waals surface area contributed by atoms with E-state index in [4.69, 9.17) is 4.74 Å². The van der Waals surface area contributed by atoms with Crippen LogP contribution in [0.3, 0.4) is 0 Å². The van der Waals surface area contributed by atoms with E-state index in [2.05, 4.69) is 0 Å². The van der Waals surface area contributed by atoms with Gasteiger partial charge in [0.2, 0.25) is 0 Å². The van der Waals surface area contributed by atoms with Gasteiger partial charge in [0.05, 0.1) is 5.60 Å². The van der Waals surface area contributed by atoms with Gasteiger partial charge in [-0.3, -0.25) is 0 Å². The third kappa shape index (κ3) is 0.594. The van der Waals surface area contributed by atoms with Crippen molar-refractivity contribution in [1.29, 1.82) is 0 Å². The van der Waals surface area contributed by atoms with Crippen LogP contribution in [0.1, 0.15) is 39.0 Å². The van der Waals surface area contributed by atoms with E-state index in [1.54, 1.807) is 6.92 Å². The molecule has 4 rings (SSSR count). The van der Waals surface area contributed by atoms with Gasteiger partial charge < -0.3 is 9.84 Å². The van der Waals surface area contributed by atoms with Crippen LogP contribution in [-0.4, -0.2) is 17.0 Å². The Morgan fingerprint density at radius 1 is 1.21 bits per heavy atom. The quantitative estimate of drug-likeness (QED) is 0.680. The van der Waals surface area contributed by atoms with Gasteiger partial charge in [0, 0.05) is 5.41 Å². The smallest absolute Gasteiger partial charge is 0.152 e. The maximum absolute atomic E-state index is 9.40. The largest absolute Gasteiger partial charge is 0.368 e. The Bertz CT molecular complexity index is 281. The van der Waals surface area contributed by atoms with E-state index in [0.717, 1.165) is 17.8 Å². The molecule has 1 spiro atoms. The first-order valence-electron chi connectivity index (χ1n) is 6.02. The minimum atomic E-state index is -0.564. The molecule has 3 unspecified atom stereocenters. The molecule has 1 N–H and O–H groups in total. The number of aliphatic hydroxyl groups is 1. The molecule has 3 atom stereocenters. The average Bonchev–Trinajstić information content (AvgIpc) is 2.54. The molecule has 0 aromatic heterocycles. The topological polar surface area (TPSA) is 29.5 Å². The van der Waals surface area contributed by atoms with Crippen LogP contribution in [0.2, 0.25) is 0 Å². The highest BCUT2D eigenvalue weighted by Gasteiger charge is 2.82. The van der Waals surface area contributed by atoms with E-state index < -0.39 is 6.29 Å². The molecule has 2 nitrogen and oxygen atoms in total. The molecule has 4 aliphatic rings. The van der Waals surface area contributed by atoms with Crippen molar-refractivity contribution >= 4 is 0 Å². The fourth-order valence-electron chi connectivity index (χ4n) is 5.62. The number of aliphatic hydroxyl groups excluding tert-OH is 1. The SMILES string of the molecule is CC(O)OC12CC3CC4CC(C1)C32C4. The molecule has 78 valence electrons. The van der Waals surface area contributed by atoms with Crippen molar-refractivity contribution in [3.05, 3.63) is 0 Å². The molecule has 0 radical (unpaired) electrons. The van der Waals surface area contributed by atoms with Gasteiger partial charge in [-0.1, -0.05) is 0 Å². The third-order valence-corrected chi connectivity index (χ3v) is 5.72. The Morgan fingerprint density at radius 2 is 1.86 bits per heavy atom. The number of ether oxygens (including phenoxy) is 1. The summed E-state index contributed by atoms with van der Waals surface area (Å²) >= 11 is 0. The molecule has 4 aliphatic carbocycles. The minimum Gasteiger partial charge on any atom is -0.368 e. The first-order chi connectivity index (χ1) is 6.66. The lowest BCUT2D eigenvalue weighted by atomic mass is 9.35. The summed E-state index contributed by atoms with van der Waals surface area (Å²) in [5, 5.41) is 9.40. The first kappa shape index (κ1) is 8.12. The van der Waals surface area contributed by atoms with E-state index in [1.165, 1.54) is 32.1 Å². The maximum atomic E-state index is 9.40. The number of hydrogen-bond donors (Lipinski definition) is 1. The Balaban J connectivity index is 1.68. The summed E-state index contributed by atoms with van der Waals surface area (Å²) in [6.07, 6.45) is 6.25. The van der Waals surface area contributed by atoms with E-state index in [0.29, 0.717) is 5.41 Å². The van der Waals surface area contributed by atoms with Crippen LogP contribution in [0.25, 0.3) is 0 Å². The second-order valence-corrected chi connectivity index (χ2v) is 6.10. The summed E-state index contributed by atoms with van der Waals surface area (Å²) in [4.78, 5) is 0.